The number of benzene rings is 4. The van der Waals surface area contributed by atoms with Crippen molar-refractivity contribution >= 4 is 64.8 Å². The molecule has 0 bridgehead atoms. The fourth-order valence-electron chi connectivity index (χ4n) is 5.86. The lowest BCUT2D eigenvalue weighted by Gasteiger charge is -2.19. The van der Waals surface area contributed by atoms with Gasteiger partial charge in [-0.25, -0.2) is 35.6 Å². The summed E-state index contributed by atoms with van der Waals surface area (Å²) in [6.45, 7) is 11.4. The third-order valence-electron chi connectivity index (χ3n) is 9.05. The second-order valence-corrected chi connectivity index (χ2v) is 20.4. The molecule has 2 heterocycles. The monoisotopic (exact) mass is 922 g/mol. The lowest BCUT2D eigenvalue weighted by molar-refractivity contribution is -0.118. The average Bonchev–Trinajstić information content (AvgIpc) is 3.88. The van der Waals surface area contributed by atoms with Crippen LogP contribution in [-0.4, -0.2) is 50.7 Å². The molecule has 2 atom stereocenters. The third-order valence-corrected chi connectivity index (χ3v) is 13.5. The van der Waals surface area contributed by atoms with E-state index in [4.69, 9.17) is 0 Å². The van der Waals surface area contributed by atoms with Crippen LogP contribution in [0.5, 0.6) is 0 Å². The van der Waals surface area contributed by atoms with E-state index in [1.54, 1.807) is 59.3 Å². The Balaban J connectivity index is 0.000000234. The number of rotatable bonds is 16. The summed E-state index contributed by atoms with van der Waals surface area (Å²) in [7, 11) is -7.73. The van der Waals surface area contributed by atoms with Gasteiger partial charge in [0, 0.05) is 21.9 Å². The molecule has 0 saturated heterocycles. The van der Waals surface area contributed by atoms with E-state index >= 15 is 0 Å². The fraction of sp³-hybridized carbons (Fsp3) is 0.273. The molecule has 18 heteroatoms. The highest BCUT2D eigenvalue weighted by Crippen LogP contribution is 2.27. The van der Waals surface area contributed by atoms with E-state index in [-0.39, 0.29) is 33.3 Å². The molecule has 0 radical (unpaired) electrons. The Labute approximate surface area is 369 Å². The van der Waals surface area contributed by atoms with Gasteiger partial charge in [-0.1, -0.05) is 63.1 Å². The number of carbonyl (C=O) groups excluding carboxylic acids is 2. The van der Waals surface area contributed by atoms with E-state index in [1.807, 2.05) is 41.5 Å². The van der Waals surface area contributed by atoms with Crippen molar-refractivity contribution in [2.24, 2.45) is 11.8 Å². The van der Waals surface area contributed by atoms with Crippen molar-refractivity contribution < 1.29 is 35.2 Å². The predicted molar refractivity (Wildman–Crippen MR) is 242 cm³/mol. The van der Waals surface area contributed by atoms with Crippen LogP contribution in [0.15, 0.2) is 118 Å². The van der Waals surface area contributed by atoms with Gasteiger partial charge in [-0.2, -0.15) is 9.44 Å². The molecule has 328 valence electrons. The molecule has 0 spiro atoms. The molecular formula is C44H48F2N6O6S4. The molecule has 0 aliphatic heterocycles. The maximum Gasteiger partial charge on any atom is 0.244 e. The molecule has 0 aliphatic rings. The van der Waals surface area contributed by atoms with Crippen LogP contribution in [-0.2, 0) is 29.6 Å². The topological polar surface area (TPSA) is 176 Å². The van der Waals surface area contributed by atoms with Crippen molar-refractivity contribution in [3.05, 3.63) is 131 Å². The van der Waals surface area contributed by atoms with E-state index in [2.05, 4.69) is 30.0 Å². The van der Waals surface area contributed by atoms with E-state index in [0.29, 0.717) is 34.5 Å². The maximum atomic E-state index is 13.1. The first-order chi connectivity index (χ1) is 29.3. The van der Waals surface area contributed by atoms with Gasteiger partial charge in [0.2, 0.25) is 31.9 Å². The zero-order valence-corrected chi connectivity index (χ0v) is 38.1. The molecule has 62 heavy (non-hydrogen) atoms. The van der Waals surface area contributed by atoms with Crippen LogP contribution in [0.2, 0.25) is 0 Å². The molecule has 0 saturated carbocycles. The van der Waals surface area contributed by atoms with E-state index in [1.165, 1.54) is 71.2 Å². The molecule has 0 fully saturated rings. The number of sulfonamides is 2. The van der Waals surface area contributed by atoms with Crippen molar-refractivity contribution in [2.75, 3.05) is 10.6 Å². The van der Waals surface area contributed by atoms with Crippen molar-refractivity contribution in [1.29, 1.82) is 0 Å². The quantitative estimate of drug-likeness (QED) is 0.0743. The molecule has 2 aromatic heterocycles. The number of hydrogen-bond donors (Lipinski definition) is 4. The van der Waals surface area contributed by atoms with Crippen LogP contribution in [0, 0.1) is 37.3 Å². The van der Waals surface area contributed by atoms with Crippen LogP contribution in [0.3, 0.4) is 0 Å². The van der Waals surface area contributed by atoms with Crippen molar-refractivity contribution in [3.63, 3.8) is 0 Å². The van der Waals surface area contributed by atoms with Crippen LogP contribution < -0.4 is 20.1 Å². The van der Waals surface area contributed by atoms with Crippen molar-refractivity contribution in [1.82, 2.24) is 19.4 Å². The van der Waals surface area contributed by atoms with Crippen molar-refractivity contribution in [2.45, 2.75) is 76.3 Å². The summed E-state index contributed by atoms with van der Waals surface area (Å²) in [5, 5.41) is 9.57. The Morgan fingerprint density at radius 3 is 1.18 bits per heavy atom. The molecular weight excluding hydrogens is 875 g/mol. The minimum atomic E-state index is -3.86. The maximum absolute atomic E-state index is 13.1. The highest BCUT2D eigenvalue weighted by atomic mass is 32.2. The van der Waals surface area contributed by atoms with Gasteiger partial charge in [-0.05, 0) is 111 Å². The van der Waals surface area contributed by atoms with Gasteiger partial charge in [0.1, 0.15) is 23.7 Å². The largest absolute Gasteiger partial charge is 0.301 e. The van der Waals surface area contributed by atoms with Crippen LogP contribution >= 0.6 is 22.7 Å². The number of amides is 2. The Hall–Kier alpha value is -5.24. The number of thiazole rings is 2. The summed E-state index contributed by atoms with van der Waals surface area (Å²) >= 11 is 2.43. The Kier molecular flexibility index (Phi) is 16.4. The first kappa shape index (κ1) is 47.8. The minimum Gasteiger partial charge on any atom is -0.301 e. The molecule has 0 unspecified atom stereocenters. The van der Waals surface area contributed by atoms with Crippen LogP contribution in [0.4, 0.5) is 19.0 Å². The first-order valence-corrected chi connectivity index (χ1v) is 24.2. The smallest absolute Gasteiger partial charge is 0.244 e. The third kappa shape index (κ3) is 13.9. The summed E-state index contributed by atoms with van der Waals surface area (Å²) < 4.78 is 82.4. The number of aromatic nitrogens is 2. The number of nitrogens with one attached hydrogen (secondary N) is 4. The number of halogens is 2. The molecule has 2 amide bonds. The van der Waals surface area contributed by atoms with Gasteiger partial charge < -0.3 is 10.6 Å². The van der Waals surface area contributed by atoms with E-state index < -0.39 is 43.9 Å². The molecule has 0 aliphatic carbocycles. The lowest BCUT2D eigenvalue weighted by Crippen LogP contribution is -2.44. The number of hydrogen-bond acceptors (Lipinski definition) is 10. The summed E-state index contributed by atoms with van der Waals surface area (Å²) in [5.74, 6) is -1.48. The number of carbonyl (C=O) groups is 2. The predicted octanol–water partition coefficient (Wildman–Crippen LogP) is 9.18. The summed E-state index contributed by atoms with van der Waals surface area (Å²) in [5.41, 5.74) is 4.52. The summed E-state index contributed by atoms with van der Waals surface area (Å²) in [4.78, 5) is 34.7. The zero-order valence-electron chi connectivity index (χ0n) is 34.8. The van der Waals surface area contributed by atoms with Crippen LogP contribution in [0.25, 0.3) is 22.5 Å². The Morgan fingerprint density at radius 2 is 0.871 bits per heavy atom. The standard InChI is InChI=1S/2C22H24FN3O3S2/c2*1-14(2)12-19(26-31(28,29)18-10-4-15(3)5-11-18)21(27)25-22-24-20(13-30-22)16-6-8-17(23)9-7-16/h2*4-11,13-14,19,26H,12H2,1-3H3,(H,24,25,27)/t2*19-/m00/s1. The minimum absolute atomic E-state index is 0.0857. The Bertz CT molecular complexity index is 2470. The normalized spacial score (nSPS) is 12.7. The van der Waals surface area contributed by atoms with Crippen molar-refractivity contribution in [3.8, 4) is 22.5 Å². The number of anilines is 2. The van der Waals surface area contributed by atoms with Gasteiger partial charge >= 0.3 is 0 Å². The molecule has 12 nitrogen and oxygen atoms in total. The molecule has 6 rings (SSSR count). The number of aryl methyl sites for hydroxylation is 2. The summed E-state index contributed by atoms with van der Waals surface area (Å²) in [6, 6.07) is 22.7. The average molecular weight is 923 g/mol. The van der Waals surface area contributed by atoms with Gasteiger partial charge in [0.05, 0.1) is 21.2 Å². The van der Waals surface area contributed by atoms with E-state index in [9.17, 15) is 35.2 Å². The van der Waals surface area contributed by atoms with Gasteiger partial charge in [-0.15, -0.1) is 22.7 Å². The van der Waals surface area contributed by atoms with Gasteiger partial charge in [-0.3, -0.25) is 9.59 Å². The van der Waals surface area contributed by atoms with E-state index in [0.717, 1.165) is 22.3 Å². The van der Waals surface area contributed by atoms with Gasteiger partial charge in [0.25, 0.3) is 0 Å². The number of nitrogens with zero attached hydrogens (tertiary/aromatic N) is 2. The molecule has 4 aromatic carbocycles. The highest BCUT2D eigenvalue weighted by Gasteiger charge is 2.29. The molecule has 4 N–H and O–H groups in total. The lowest BCUT2D eigenvalue weighted by atomic mass is 10.0. The fourth-order valence-corrected chi connectivity index (χ4v) is 9.72. The summed E-state index contributed by atoms with van der Waals surface area (Å²) in [6.07, 6.45) is 0.653. The first-order valence-electron chi connectivity index (χ1n) is 19.5. The second kappa shape index (κ2) is 21.2. The van der Waals surface area contributed by atoms with Crippen LogP contribution in [0.1, 0.15) is 51.7 Å². The Morgan fingerprint density at radius 1 is 0.548 bits per heavy atom. The SMILES string of the molecule is Cc1ccc(S(=O)(=O)N[C@@H](CC(C)C)C(=O)Nc2nc(-c3ccc(F)cc3)cs2)cc1.Cc1ccc(S(=O)(=O)N[C@@H](CC(C)C)C(=O)Nc2nc(-c3ccc(F)cc3)cs2)cc1. The van der Waals surface area contributed by atoms with Gasteiger partial charge in [0.15, 0.2) is 10.3 Å². The second-order valence-electron chi connectivity index (χ2n) is 15.3. The molecule has 6 aromatic rings. The zero-order chi connectivity index (χ0) is 45.2. The highest BCUT2D eigenvalue weighted by molar-refractivity contribution is 7.89.